The molecule has 0 bridgehead atoms. The zero-order valence-electron chi connectivity index (χ0n) is 12.4. The Hall–Kier alpha value is -0.0600. The molecule has 2 aliphatic rings. The maximum atomic E-state index is 5.89. The Balaban J connectivity index is 1.79. The highest BCUT2D eigenvalue weighted by Crippen LogP contribution is 2.35. The van der Waals surface area contributed by atoms with Gasteiger partial charge in [0.15, 0.2) is 0 Å². The van der Waals surface area contributed by atoms with E-state index in [1.807, 2.05) is 0 Å². The molecule has 116 valence electrons. The number of alkyl halides is 1. The zero-order chi connectivity index (χ0) is 14.7. The van der Waals surface area contributed by atoms with Crippen molar-refractivity contribution in [2.24, 2.45) is 0 Å². The minimum atomic E-state index is 0.743. The van der Waals surface area contributed by atoms with E-state index in [0.29, 0.717) is 0 Å². The number of nitrogens with zero attached hydrogens (tertiary/aromatic N) is 1. The highest BCUT2D eigenvalue weighted by Gasteiger charge is 2.24. The molecule has 1 aliphatic carbocycles. The maximum Gasteiger partial charge on any atom is 0.127 e. The number of halogens is 2. The van der Waals surface area contributed by atoms with Gasteiger partial charge in [-0.1, -0.05) is 51.1 Å². The second-order valence-corrected chi connectivity index (χ2v) is 7.81. The van der Waals surface area contributed by atoms with Gasteiger partial charge in [0, 0.05) is 40.9 Å². The molecular formula is C17H23Br2NO. The van der Waals surface area contributed by atoms with Crippen LogP contribution in [0.1, 0.15) is 43.2 Å². The van der Waals surface area contributed by atoms with Crippen molar-refractivity contribution >= 4 is 31.9 Å². The van der Waals surface area contributed by atoms with Crippen LogP contribution in [0.4, 0.5) is 0 Å². The Labute approximate surface area is 144 Å². The molecule has 2 nitrogen and oxygen atoms in total. The van der Waals surface area contributed by atoms with Crippen molar-refractivity contribution < 1.29 is 4.74 Å². The van der Waals surface area contributed by atoms with Crippen LogP contribution in [-0.2, 0) is 13.0 Å². The first-order valence-electron chi connectivity index (χ1n) is 8.02. The predicted molar refractivity (Wildman–Crippen MR) is 94.4 cm³/mol. The molecule has 1 aromatic carbocycles. The Kier molecular flexibility index (Phi) is 5.63. The fraction of sp³-hybridized carbons (Fsp3) is 0.647. The fourth-order valence-corrected chi connectivity index (χ4v) is 4.64. The third-order valence-electron chi connectivity index (χ3n) is 4.66. The van der Waals surface area contributed by atoms with Gasteiger partial charge < -0.3 is 4.74 Å². The van der Waals surface area contributed by atoms with E-state index < -0.39 is 0 Å². The van der Waals surface area contributed by atoms with Gasteiger partial charge in [-0.3, -0.25) is 4.90 Å². The molecular weight excluding hydrogens is 394 g/mol. The molecule has 0 unspecified atom stereocenters. The van der Waals surface area contributed by atoms with E-state index in [9.17, 15) is 0 Å². The number of hydrogen-bond donors (Lipinski definition) is 0. The van der Waals surface area contributed by atoms with Crippen LogP contribution in [-0.4, -0.2) is 29.4 Å². The van der Waals surface area contributed by atoms with Crippen molar-refractivity contribution in [2.45, 2.75) is 51.1 Å². The average molecular weight is 417 g/mol. The van der Waals surface area contributed by atoms with Crippen molar-refractivity contribution in [3.63, 3.8) is 0 Å². The van der Waals surface area contributed by atoms with Gasteiger partial charge >= 0.3 is 0 Å². The number of fused-ring (bicyclic) bond motifs is 1. The van der Waals surface area contributed by atoms with E-state index in [1.54, 1.807) is 0 Å². The van der Waals surface area contributed by atoms with Gasteiger partial charge in [-0.15, -0.1) is 0 Å². The second-order valence-electron chi connectivity index (χ2n) is 6.10. The van der Waals surface area contributed by atoms with E-state index in [1.165, 1.54) is 47.7 Å². The molecule has 0 saturated heterocycles. The molecule has 1 fully saturated rings. The van der Waals surface area contributed by atoms with E-state index >= 15 is 0 Å². The van der Waals surface area contributed by atoms with Gasteiger partial charge in [-0.05, 0) is 30.5 Å². The van der Waals surface area contributed by atoms with Crippen LogP contribution in [0.2, 0.25) is 0 Å². The maximum absolute atomic E-state index is 5.89. The highest BCUT2D eigenvalue weighted by atomic mass is 79.9. The van der Waals surface area contributed by atoms with Gasteiger partial charge in [-0.2, -0.15) is 0 Å². The summed E-state index contributed by atoms with van der Waals surface area (Å²) in [6, 6.07) is 5.20. The smallest absolute Gasteiger partial charge is 0.127 e. The Morgan fingerprint density at radius 3 is 2.76 bits per heavy atom. The summed E-state index contributed by atoms with van der Waals surface area (Å²) in [5.41, 5.74) is 2.71. The van der Waals surface area contributed by atoms with Gasteiger partial charge in [0.05, 0.1) is 6.61 Å². The van der Waals surface area contributed by atoms with Crippen molar-refractivity contribution in [1.82, 2.24) is 4.90 Å². The first-order valence-corrected chi connectivity index (χ1v) is 9.93. The molecule has 0 aromatic heterocycles. The van der Waals surface area contributed by atoms with Crippen LogP contribution in [0.15, 0.2) is 16.6 Å². The average Bonchev–Trinajstić information content (AvgIpc) is 2.96. The van der Waals surface area contributed by atoms with Crippen LogP contribution in [0.3, 0.4) is 0 Å². The molecule has 1 saturated carbocycles. The largest absolute Gasteiger partial charge is 0.493 e. The Morgan fingerprint density at radius 2 is 2.00 bits per heavy atom. The summed E-state index contributed by atoms with van der Waals surface area (Å²) < 4.78 is 7.08. The number of benzene rings is 1. The normalized spacial score (nSPS) is 18.8. The second kappa shape index (κ2) is 7.47. The van der Waals surface area contributed by atoms with Gasteiger partial charge in [-0.25, -0.2) is 0 Å². The van der Waals surface area contributed by atoms with Crippen LogP contribution >= 0.6 is 31.9 Å². The summed E-state index contributed by atoms with van der Waals surface area (Å²) in [6.45, 7) is 2.96. The predicted octanol–water partition coefficient (Wildman–Crippen LogP) is 4.91. The zero-order valence-corrected chi connectivity index (χ0v) is 15.6. The summed E-state index contributed by atoms with van der Waals surface area (Å²) >= 11 is 7.28. The molecule has 21 heavy (non-hydrogen) atoms. The fourth-order valence-electron chi connectivity index (χ4n) is 3.63. The number of ether oxygens (including phenoxy) is 1. The van der Waals surface area contributed by atoms with Crippen LogP contribution in [0.5, 0.6) is 5.75 Å². The molecule has 0 N–H and O–H groups in total. The molecule has 1 aromatic rings. The first kappa shape index (κ1) is 15.8. The number of rotatable bonds is 5. The quantitative estimate of drug-likeness (QED) is 0.632. The van der Waals surface area contributed by atoms with Crippen LogP contribution < -0.4 is 4.74 Å². The standard InChI is InChI=1S/C17H23Br2NO/c18-7-8-20(16-4-2-1-3-5-16)12-14-11-15(19)10-13-6-9-21-17(13)14/h10-11,16H,1-9,12H2. The molecule has 0 radical (unpaired) electrons. The molecule has 3 rings (SSSR count). The van der Waals surface area contributed by atoms with Gasteiger partial charge in [0.1, 0.15) is 5.75 Å². The summed E-state index contributed by atoms with van der Waals surface area (Å²) in [5, 5.41) is 1.04. The summed E-state index contributed by atoms with van der Waals surface area (Å²) in [5.74, 6) is 1.15. The first-order chi connectivity index (χ1) is 10.3. The lowest BCUT2D eigenvalue weighted by atomic mass is 9.93. The van der Waals surface area contributed by atoms with Crippen molar-refractivity contribution in [3.05, 3.63) is 27.7 Å². The lowest BCUT2D eigenvalue weighted by molar-refractivity contribution is 0.156. The van der Waals surface area contributed by atoms with E-state index in [0.717, 1.165) is 43.2 Å². The van der Waals surface area contributed by atoms with Crippen molar-refractivity contribution in [2.75, 3.05) is 18.5 Å². The minimum Gasteiger partial charge on any atom is -0.493 e. The third kappa shape index (κ3) is 3.83. The third-order valence-corrected chi connectivity index (χ3v) is 5.47. The molecule has 1 aliphatic heterocycles. The Morgan fingerprint density at radius 1 is 1.19 bits per heavy atom. The lowest BCUT2D eigenvalue weighted by Gasteiger charge is -2.34. The van der Waals surface area contributed by atoms with Gasteiger partial charge in [0.25, 0.3) is 0 Å². The van der Waals surface area contributed by atoms with E-state index in [2.05, 4.69) is 48.9 Å². The minimum absolute atomic E-state index is 0.743. The topological polar surface area (TPSA) is 12.5 Å². The SMILES string of the molecule is BrCCN(Cc1cc(Br)cc2c1OCC2)C1CCCCC1. The summed E-state index contributed by atoms with van der Waals surface area (Å²) in [4.78, 5) is 2.65. The van der Waals surface area contributed by atoms with Crippen molar-refractivity contribution in [1.29, 1.82) is 0 Å². The van der Waals surface area contributed by atoms with E-state index in [-0.39, 0.29) is 0 Å². The Bertz CT molecular complexity index is 486. The lowest BCUT2D eigenvalue weighted by Crippen LogP contribution is -2.37. The molecule has 0 atom stereocenters. The highest BCUT2D eigenvalue weighted by molar-refractivity contribution is 9.10. The molecule has 1 heterocycles. The summed E-state index contributed by atoms with van der Waals surface area (Å²) in [6.07, 6.45) is 7.93. The molecule has 0 spiro atoms. The van der Waals surface area contributed by atoms with Crippen LogP contribution in [0.25, 0.3) is 0 Å². The van der Waals surface area contributed by atoms with Crippen LogP contribution in [0, 0.1) is 0 Å². The molecule has 0 amide bonds. The molecule has 4 heteroatoms. The number of hydrogen-bond acceptors (Lipinski definition) is 2. The van der Waals surface area contributed by atoms with E-state index in [4.69, 9.17) is 4.74 Å². The van der Waals surface area contributed by atoms with Crippen molar-refractivity contribution in [3.8, 4) is 5.75 Å². The summed E-state index contributed by atoms with van der Waals surface area (Å²) in [7, 11) is 0. The monoisotopic (exact) mass is 415 g/mol. The van der Waals surface area contributed by atoms with Gasteiger partial charge in [0.2, 0.25) is 0 Å².